The van der Waals surface area contributed by atoms with Crippen molar-refractivity contribution in [3.8, 4) is 0 Å². The van der Waals surface area contributed by atoms with E-state index < -0.39 is 54.6 Å². The van der Waals surface area contributed by atoms with Crippen molar-refractivity contribution in [1.82, 2.24) is 19.5 Å². The summed E-state index contributed by atoms with van der Waals surface area (Å²) in [5, 5.41) is 23.7. The maximum atomic E-state index is 11.7. The third-order valence-corrected chi connectivity index (χ3v) is 8.34. The SMILES string of the molecule is CCCCNc1nc(N)c2ncn([C@@H]3O[C@H](COP(=O)([O-])OP(=O)([O-])OP(=O)([O-])[O-])[C@@H](O)[C@H]3O)c2n1. The second-order valence-corrected chi connectivity index (χ2v) is 11.6. The van der Waals surface area contributed by atoms with Crippen molar-refractivity contribution in [2.75, 3.05) is 24.2 Å². The van der Waals surface area contributed by atoms with Gasteiger partial charge in [0.25, 0.3) is 15.6 Å². The Bertz CT molecular complexity index is 1220. The van der Waals surface area contributed by atoms with Crippen LogP contribution >= 0.6 is 23.5 Å². The number of nitrogens with zero attached hydrogens (tertiary/aromatic N) is 4. The Labute approximate surface area is 202 Å². The lowest BCUT2D eigenvalue weighted by Gasteiger charge is -2.37. The third-order valence-electron chi connectivity index (χ3n) is 4.67. The van der Waals surface area contributed by atoms with Crippen LogP contribution in [0.25, 0.3) is 11.2 Å². The lowest BCUT2D eigenvalue weighted by molar-refractivity contribution is -0.339. The molecule has 0 radical (unpaired) electrons. The van der Waals surface area contributed by atoms with Gasteiger partial charge in [0.2, 0.25) is 5.95 Å². The van der Waals surface area contributed by atoms with Gasteiger partial charge in [-0.05, 0) is 6.42 Å². The molecule has 2 unspecified atom stereocenters. The zero-order valence-electron chi connectivity index (χ0n) is 18.3. The van der Waals surface area contributed by atoms with Gasteiger partial charge in [0, 0.05) is 6.54 Å². The first-order chi connectivity index (χ1) is 16.6. The summed E-state index contributed by atoms with van der Waals surface area (Å²) >= 11 is 0. The summed E-state index contributed by atoms with van der Waals surface area (Å²) in [5.74, 6) is 0.178. The molecule has 1 saturated heterocycles. The number of hydrogen-bond acceptors (Lipinski definition) is 18. The number of fused-ring (bicyclic) bond motifs is 1. The zero-order valence-corrected chi connectivity index (χ0v) is 21.0. The molecule has 0 aliphatic carbocycles. The predicted molar refractivity (Wildman–Crippen MR) is 110 cm³/mol. The van der Waals surface area contributed by atoms with Gasteiger partial charge < -0.3 is 54.7 Å². The Balaban J connectivity index is 1.73. The summed E-state index contributed by atoms with van der Waals surface area (Å²) in [6.45, 7) is 1.45. The molecule has 0 bridgehead atoms. The molecule has 2 aromatic heterocycles. The van der Waals surface area contributed by atoms with Gasteiger partial charge >= 0.3 is 0 Å². The summed E-state index contributed by atoms with van der Waals surface area (Å²) < 4.78 is 50.8. The van der Waals surface area contributed by atoms with Crippen molar-refractivity contribution in [2.24, 2.45) is 0 Å². The fourth-order valence-corrected chi connectivity index (χ4v) is 5.99. The average Bonchev–Trinajstić information content (AvgIpc) is 3.26. The quantitative estimate of drug-likeness (QED) is 0.145. The molecule has 3 rings (SSSR count). The highest BCUT2D eigenvalue weighted by atomic mass is 31.3. The topological polar surface area (TPSA) is 302 Å². The van der Waals surface area contributed by atoms with Gasteiger partial charge in [-0.1, -0.05) is 13.3 Å². The highest BCUT2D eigenvalue weighted by Crippen LogP contribution is 2.60. The van der Waals surface area contributed by atoms with E-state index in [2.05, 4.69) is 33.4 Å². The van der Waals surface area contributed by atoms with Gasteiger partial charge in [0.1, 0.15) is 23.8 Å². The van der Waals surface area contributed by atoms with Gasteiger partial charge in [-0.2, -0.15) is 9.97 Å². The minimum atomic E-state index is -6.16. The minimum Gasteiger partial charge on any atom is -0.790 e. The number of phosphoric acid groups is 3. The lowest BCUT2D eigenvalue weighted by atomic mass is 10.1. The standard InChI is InChI=1S/C14H25N6O13P3/c1-2-3-4-16-14-18-11(15)8-12(19-14)20(6-17-8)13-10(22)9(21)7(31-13)5-30-35(26,27)33-36(28,29)32-34(23,24)25/h6-7,9-10,13,21-22H,2-5H2,1H3,(H,26,27)(H,28,29)(H2,23,24,25)(H3,15,16,18,19)/p-4/t7-,9-,10-,13-/m1/s1. The number of ether oxygens (including phenoxy) is 1. The average molecular weight is 574 g/mol. The number of aromatic nitrogens is 4. The monoisotopic (exact) mass is 574 g/mol. The highest BCUT2D eigenvalue weighted by molar-refractivity contribution is 7.64. The molecule has 0 saturated carbocycles. The fraction of sp³-hybridized carbons (Fsp3) is 0.643. The molecule has 1 aliphatic rings. The van der Waals surface area contributed by atoms with E-state index in [1.54, 1.807) is 0 Å². The van der Waals surface area contributed by atoms with Crippen LogP contribution in [-0.4, -0.2) is 61.2 Å². The number of nitrogens with one attached hydrogen (secondary N) is 1. The molecule has 0 spiro atoms. The van der Waals surface area contributed by atoms with E-state index in [4.69, 9.17) is 10.5 Å². The molecule has 0 amide bonds. The van der Waals surface area contributed by atoms with Crippen LogP contribution in [0.15, 0.2) is 6.33 Å². The van der Waals surface area contributed by atoms with E-state index in [1.165, 1.54) is 10.9 Å². The minimum absolute atomic E-state index is 0.0140. The van der Waals surface area contributed by atoms with Crippen LogP contribution in [0, 0.1) is 0 Å². The van der Waals surface area contributed by atoms with Crippen LogP contribution in [0.2, 0.25) is 0 Å². The Morgan fingerprint density at radius 1 is 1.14 bits per heavy atom. The summed E-state index contributed by atoms with van der Waals surface area (Å²) in [6.07, 6.45) is -3.44. The van der Waals surface area contributed by atoms with E-state index in [1.807, 2.05) is 6.92 Å². The maximum Gasteiger partial charge on any atom is 0.278 e. The van der Waals surface area contributed by atoms with E-state index in [0.717, 1.165) is 12.8 Å². The molecule has 1 fully saturated rings. The number of rotatable bonds is 12. The molecule has 5 N–H and O–H groups in total. The summed E-state index contributed by atoms with van der Waals surface area (Å²) in [7, 11) is -18.1. The number of aliphatic hydroxyl groups is 2. The molecular formula is C14H21N6O13P3-4. The number of phosphoric ester groups is 1. The summed E-state index contributed by atoms with van der Waals surface area (Å²) in [6, 6.07) is 0. The van der Waals surface area contributed by atoms with Crippen molar-refractivity contribution < 1.29 is 61.4 Å². The molecule has 3 heterocycles. The van der Waals surface area contributed by atoms with E-state index in [-0.39, 0.29) is 22.9 Å². The molecule has 0 aromatic carbocycles. The van der Waals surface area contributed by atoms with Gasteiger partial charge in [0.15, 0.2) is 17.7 Å². The molecule has 204 valence electrons. The highest BCUT2D eigenvalue weighted by Gasteiger charge is 2.45. The third kappa shape index (κ3) is 7.26. The van der Waals surface area contributed by atoms with Crippen molar-refractivity contribution in [3.05, 3.63) is 6.33 Å². The number of nitrogens with two attached hydrogens (primary N) is 1. The van der Waals surface area contributed by atoms with E-state index in [0.29, 0.717) is 6.54 Å². The van der Waals surface area contributed by atoms with Crippen LogP contribution < -0.4 is 30.6 Å². The second-order valence-electron chi connectivity index (χ2n) is 7.38. The van der Waals surface area contributed by atoms with Crippen molar-refractivity contribution in [1.29, 1.82) is 0 Å². The number of hydrogen-bond donors (Lipinski definition) is 4. The van der Waals surface area contributed by atoms with Gasteiger partial charge in [-0.25, -0.2) is 9.29 Å². The molecule has 19 nitrogen and oxygen atoms in total. The molecule has 6 atom stereocenters. The van der Waals surface area contributed by atoms with Crippen LogP contribution in [0.3, 0.4) is 0 Å². The second kappa shape index (κ2) is 11.0. The van der Waals surface area contributed by atoms with Crippen molar-refractivity contribution >= 4 is 46.4 Å². The number of anilines is 2. The number of unbranched alkanes of at least 4 members (excludes halogenated alkanes) is 1. The normalized spacial score (nSPS) is 26.1. The van der Waals surface area contributed by atoms with E-state index in [9.17, 15) is 43.5 Å². The largest absolute Gasteiger partial charge is 0.790 e. The Kier molecular flexibility index (Phi) is 8.90. The molecule has 2 aromatic rings. The Morgan fingerprint density at radius 2 is 1.83 bits per heavy atom. The number of imidazole rings is 1. The Morgan fingerprint density at radius 3 is 2.47 bits per heavy atom. The smallest absolute Gasteiger partial charge is 0.278 e. The lowest BCUT2D eigenvalue weighted by Crippen LogP contribution is -2.34. The fourth-order valence-electron chi connectivity index (χ4n) is 3.13. The molecule has 22 heteroatoms. The summed E-state index contributed by atoms with van der Waals surface area (Å²) in [5.41, 5.74) is 6.18. The molecule has 1 aliphatic heterocycles. The Hall–Kier alpha value is -1.56. The maximum absolute atomic E-state index is 11.7. The van der Waals surface area contributed by atoms with Crippen LogP contribution in [0.4, 0.5) is 11.8 Å². The van der Waals surface area contributed by atoms with E-state index >= 15 is 0 Å². The van der Waals surface area contributed by atoms with Gasteiger partial charge in [-0.3, -0.25) is 18.0 Å². The van der Waals surface area contributed by atoms with Gasteiger partial charge in [-0.15, -0.1) is 0 Å². The van der Waals surface area contributed by atoms with Gasteiger partial charge in [0.05, 0.1) is 20.8 Å². The zero-order chi connectivity index (χ0) is 26.9. The number of nitrogen functional groups attached to an aromatic ring is 1. The molecule has 36 heavy (non-hydrogen) atoms. The van der Waals surface area contributed by atoms with Crippen molar-refractivity contribution in [3.63, 3.8) is 0 Å². The van der Waals surface area contributed by atoms with Crippen molar-refractivity contribution in [2.45, 2.75) is 44.3 Å². The predicted octanol–water partition coefficient (Wildman–Crippen LogP) is -2.94. The van der Waals surface area contributed by atoms with Crippen LogP contribution in [0.1, 0.15) is 26.0 Å². The first-order valence-electron chi connectivity index (χ1n) is 10.1. The van der Waals surface area contributed by atoms with Crippen LogP contribution in [-0.2, 0) is 31.6 Å². The molecular weight excluding hydrogens is 553 g/mol. The van der Waals surface area contributed by atoms with Crippen LogP contribution in [0.5, 0.6) is 0 Å². The summed E-state index contributed by atoms with van der Waals surface area (Å²) in [4.78, 5) is 56.2. The first kappa shape index (κ1) is 29.0. The first-order valence-corrected chi connectivity index (χ1v) is 14.5. The number of aliphatic hydroxyl groups excluding tert-OH is 2.